The second kappa shape index (κ2) is 31.7. The number of hydrogen-bond acceptors (Lipinski definition) is 9. The highest BCUT2D eigenvalue weighted by Crippen LogP contribution is 2.42. The highest BCUT2D eigenvalue weighted by Gasteiger charge is 2.24. The van der Waals surface area contributed by atoms with Crippen molar-refractivity contribution in [2.24, 2.45) is 0 Å². The minimum Gasteiger partial charge on any atom is -0.493 e. The number of para-hydroxylation sites is 2. The molecule has 4 aromatic carbocycles. The van der Waals surface area contributed by atoms with Crippen LogP contribution < -0.4 is 28.4 Å². The molecule has 0 saturated heterocycles. The lowest BCUT2D eigenvalue weighted by Crippen LogP contribution is -2.15. The van der Waals surface area contributed by atoms with Gasteiger partial charge in [0.1, 0.15) is 47.7 Å². The van der Waals surface area contributed by atoms with Crippen molar-refractivity contribution in [1.82, 2.24) is 0 Å². The quantitative estimate of drug-likeness (QED) is 0.0562. The van der Waals surface area contributed by atoms with Gasteiger partial charge in [0.25, 0.3) is 0 Å². The van der Waals surface area contributed by atoms with Gasteiger partial charge in [0.15, 0.2) is 0 Å². The van der Waals surface area contributed by atoms with E-state index in [1.807, 2.05) is 0 Å². The van der Waals surface area contributed by atoms with Gasteiger partial charge in [-0.1, -0.05) is 141 Å². The van der Waals surface area contributed by atoms with E-state index >= 15 is 0 Å². The van der Waals surface area contributed by atoms with E-state index in [-0.39, 0.29) is 0 Å². The summed E-state index contributed by atoms with van der Waals surface area (Å²) in [4.78, 5) is 0. The molecule has 0 radical (unpaired) electrons. The number of ether oxygens (including phenoxy) is 9. The van der Waals surface area contributed by atoms with E-state index in [1.165, 1.54) is 51.4 Å². The highest BCUT2D eigenvalue weighted by atomic mass is 16.6. The van der Waals surface area contributed by atoms with Crippen molar-refractivity contribution in [2.75, 3.05) is 79.3 Å². The number of rotatable bonds is 24. The van der Waals surface area contributed by atoms with Crippen LogP contribution >= 0.6 is 0 Å². The van der Waals surface area contributed by atoms with Crippen LogP contribution in [0.1, 0.15) is 175 Å². The fraction of sp³-hybridized carbons (Fsp3) is 0.600. The van der Waals surface area contributed by atoms with Crippen LogP contribution in [0.4, 0.5) is 0 Å². The Balaban J connectivity index is 1.57. The van der Waals surface area contributed by atoms with Gasteiger partial charge in [0, 0.05) is 47.9 Å². The molecule has 0 saturated carbocycles. The Kier molecular flexibility index (Phi) is 24.8. The molecule has 0 fully saturated rings. The Morgan fingerprint density at radius 3 is 0.855 bits per heavy atom. The normalized spacial score (nSPS) is 14.6. The monoisotopic (exact) mass is 951 g/mol. The predicted molar refractivity (Wildman–Crippen MR) is 279 cm³/mol. The maximum absolute atomic E-state index is 7.02. The molecule has 0 aromatic heterocycles. The van der Waals surface area contributed by atoms with E-state index in [4.69, 9.17) is 42.6 Å². The van der Waals surface area contributed by atoms with E-state index < -0.39 is 0 Å². The Bertz CT molecular complexity index is 1830. The molecule has 4 aromatic rings. The van der Waals surface area contributed by atoms with Crippen LogP contribution in [0.25, 0.3) is 0 Å². The maximum atomic E-state index is 7.02. The van der Waals surface area contributed by atoms with Crippen LogP contribution in [-0.2, 0) is 39.9 Å². The van der Waals surface area contributed by atoms with Crippen molar-refractivity contribution >= 4 is 0 Å². The Morgan fingerprint density at radius 1 is 0.319 bits per heavy atom. The first-order valence-corrected chi connectivity index (χ1v) is 27.1. The van der Waals surface area contributed by atoms with Gasteiger partial charge in [-0.25, -0.2) is 0 Å². The van der Waals surface area contributed by atoms with Crippen LogP contribution in [-0.4, -0.2) is 79.3 Å². The molecule has 2 aliphatic rings. The van der Waals surface area contributed by atoms with Crippen LogP contribution in [0.2, 0.25) is 0 Å². The topological polar surface area (TPSA) is 83.1 Å². The number of unbranched alkanes of at least 4 members (excludes halogenated alkanes) is 12. The second-order valence-corrected chi connectivity index (χ2v) is 18.8. The molecule has 10 bridgehead atoms. The van der Waals surface area contributed by atoms with Crippen molar-refractivity contribution in [2.45, 2.75) is 156 Å². The minimum absolute atomic E-state index is 0.408. The van der Waals surface area contributed by atoms with Crippen molar-refractivity contribution in [3.63, 3.8) is 0 Å². The van der Waals surface area contributed by atoms with Gasteiger partial charge >= 0.3 is 0 Å². The summed E-state index contributed by atoms with van der Waals surface area (Å²) in [5, 5.41) is 0. The molecule has 6 rings (SSSR count). The van der Waals surface area contributed by atoms with Gasteiger partial charge in [-0.05, 0) is 72.2 Å². The molecule has 1 aliphatic carbocycles. The zero-order valence-electron chi connectivity index (χ0n) is 43.1. The van der Waals surface area contributed by atoms with Crippen molar-refractivity contribution in [3.05, 3.63) is 105 Å². The van der Waals surface area contributed by atoms with E-state index in [0.717, 1.165) is 130 Å². The molecule has 0 spiro atoms. The summed E-state index contributed by atoms with van der Waals surface area (Å²) in [6.07, 6.45) is 20.4. The Labute approximate surface area is 416 Å². The van der Waals surface area contributed by atoms with Crippen LogP contribution in [0.3, 0.4) is 0 Å². The molecule has 1 aliphatic heterocycles. The summed E-state index contributed by atoms with van der Waals surface area (Å²) in [5.74, 6) is 5.32. The minimum atomic E-state index is 0.408. The lowest BCUT2D eigenvalue weighted by molar-refractivity contribution is 0.00497. The fourth-order valence-electron chi connectivity index (χ4n) is 9.32. The van der Waals surface area contributed by atoms with Gasteiger partial charge in [-0.15, -0.1) is 0 Å². The molecule has 0 atom stereocenters. The molecule has 69 heavy (non-hydrogen) atoms. The molecule has 9 nitrogen and oxygen atoms in total. The number of fused-ring (bicyclic) bond motifs is 6. The maximum Gasteiger partial charge on any atom is 0.126 e. The summed E-state index contributed by atoms with van der Waals surface area (Å²) in [5.41, 5.74) is 8.81. The molecule has 1 heterocycles. The molecule has 0 amide bonds. The highest BCUT2D eigenvalue weighted by molar-refractivity contribution is 5.58. The summed E-state index contributed by atoms with van der Waals surface area (Å²) in [6, 6.07) is 22.1. The van der Waals surface area contributed by atoms with Gasteiger partial charge in [0.2, 0.25) is 0 Å². The third-order valence-corrected chi connectivity index (χ3v) is 13.0. The Morgan fingerprint density at radius 2 is 0.580 bits per heavy atom. The first kappa shape index (κ1) is 53.9. The molecule has 380 valence electrons. The largest absolute Gasteiger partial charge is 0.493 e. The zero-order chi connectivity index (χ0) is 48.1. The summed E-state index contributed by atoms with van der Waals surface area (Å²) >= 11 is 0. The average molecular weight is 951 g/mol. The van der Waals surface area contributed by atoms with Crippen LogP contribution in [0, 0.1) is 0 Å². The van der Waals surface area contributed by atoms with Gasteiger partial charge in [-0.3, -0.25) is 0 Å². The molecule has 0 unspecified atom stereocenters. The SMILES string of the molecule is CCCCCCOc1c2cccc1Cc1cc3cc(c1OCCCCCC)Cc1cccc(c1OCCCCCC)Cc1cc(cc(c1OCCCCCC)C2)OCCOCCOCCOCCO3. The first-order valence-electron chi connectivity index (χ1n) is 27.1. The summed E-state index contributed by atoms with van der Waals surface area (Å²) in [7, 11) is 0. The van der Waals surface area contributed by atoms with Gasteiger partial charge in [0.05, 0.1) is 66.1 Å². The van der Waals surface area contributed by atoms with Crippen LogP contribution in [0.15, 0.2) is 60.7 Å². The number of benzene rings is 4. The van der Waals surface area contributed by atoms with Crippen molar-refractivity contribution in [1.29, 1.82) is 0 Å². The summed E-state index contributed by atoms with van der Waals surface area (Å²) < 4.78 is 59.0. The molecule has 0 N–H and O–H groups in total. The smallest absolute Gasteiger partial charge is 0.126 e. The van der Waals surface area contributed by atoms with E-state index in [2.05, 4.69) is 88.4 Å². The third kappa shape index (κ3) is 18.0. The number of hydrogen-bond donors (Lipinski definition) is 0. The van der Waals surface area contributed by atoms with Crippen molar-refractivity contribution < 1.29 is 42.6 Å². The lowest BCUT2D eigenvalue weighted by Gasteiger charge is -2.24. The third-order valence-electron chi connectivity index (χ3n) is 13.0. The van der Waals surface area contributed by atoms with Crippen molar-refractivity contribution in [3.8, 4) is 34.5 Å². The molecule has 9 heteroatoms. The van der Waals surface area contributed by atoms with E-state index in [1.54, 1.807) is 0 Å². The second-order valence-electron chi connectivity index (χ2n) is 18.8. The van der Waals surface area contributed by atoms with E-state index in [0.29, 0.717) is 105 Å². The fourth-order valence-corrected chi connectivity index (χ4v) is 9.32. The van der Waals surface area contributed by atoms with Crippen LogP contribution in [0.5, 0.6) is 34.5 Å². The standard InChI is InChI=1S/C60H86O9/c1-5-9-13-17-27-66-57-47-23-21-24-48(57)40-52-44-56-46-54(60(52)69-30-20-16-12-8-4)42-50-26-22-25-49(58(50)67-28-18-14-10-6-2)41-53-45-55(43-51(39-47)59(53)68-29-19-15-11-7-3)64-37-35-62-33-31-61-32-34-63-36-38-65-56/h21-26,43-46H,5-20,27-42H2,1-4H3. The average Bonchev–Trinajstić information content (AvgIpc) is 3.34. The first-order chi connectivity index (χ1) is 34.1. The predicted octanol–water partition coefficient (Wildman–Crippen LogP) is 14.0. The Hall–Kier alpha value is -4.44. The van der Waals surface area contributed by atoms with E-state index in [9.17, 15) is 0 Å². The lowest BCUT2D eigenvalue weighted by atomic mass is 9.91. The summed E-state index contributed by atoms with van der Waals surface area (Å²) in [6.45, 7) is 15.2. The van der Waals surface area contributed by atoms with Gasteiger partial charge in [-0.2, -0.15) is 0 Å². The molecular weight excluding hydrogens is 865 g/mol. The molecular formula is C60H86O9. The van der Waals surface area contributed by atoms with Gasteiger partial charge < -0.3 is 42.6 Å². The zero-order valence-corrected chi connectivity index (χ0v) is 43.1.